The number of nitriles is 1. The molecule has 0 unspecified atom stereocenters. The second kappa shape index (κ2) is 9.14. The number of ketones is 2. The summed E-state index contributed by atoms with van der Waals surface area (Å²) >= 11 is 0. The van der Waals surface area contributed by atoms with Gasteiger partial charge in [0.05, 0.1) is 22.4 Å². The Balaban J connectivity index is 2.37. The molecule has 0 aliphatic heterocycles. The fraction of sp³-hybridized carbons (Fsp3) is 0.348. The Morgan fingerprint density at radius 2 is 1.81 bits per heavy atom. The second-order valence-electron chi connectivity index (χ2n) is 7.94. The van der Waals surface area contributed by atoms with Gasteiger partial charge in [-0.3, -0.25) is 19.2 Å². The molecule has 1 aromatic heterocycles. The second-order valence-corrected chi connectivity index (χ2v) is 7.94. The van der Waals surface area contributed by atoms with Gasteiger partial charge in [-0.2, -0.15) is 5.26 Å². The normalized spacial score (nSPS) is 10.9. The van der Waals surface area contributed by atoms with Crippen LogP contribution in [0.4, 0.5) is 10.1 Å². The molecule has 0 atom stereocenters. The van der Waals surface area contributed by atoms with Gasteiger partial charge in [0.1, 0.15) is 11.9 Å². The summed E-state index contributed by atoms with van der Waals surface area (Å²) in [7, 11) is 1.55. The fourth-order valence-electron chi connectivity index (χ4n) is 3.48. The van der Waals surface area contributed by atoms with E-state index >= 15 is 0 Å². The number of halogens is 1. The maximum atomic E-state index is 13.5. The van der Waals surface area contributed by atoms with Crippen molar-refractivity contribution in [3.8, 4) is 6.07 Å². The van der Waals surface area contributed by atoms with Crippen LogP contribution in [-0.4, -0.2) is 33.5 Å². The molecule has 1 aromatic carbocycles. The highest BCUT2D eigenvalue weighted by Crippen LogP contribution is 2.24. The number of hydrogen-bond acceptors (Lipinski definition) is 5. The molecule has 32 heavy (non-hydrogen) atoms. The van der Waals surface area contributed by atoms with Crippen LogP contribution in [0.25, 0.3) is 0 Å². The molecule has 2 amide bonds. The molecule has 0 radical (unpaired) electrons. The lowest BCUT2D eigenvalue weighted by Gasteiger charge is -2.23. The van der Waals surface area contributed by atoms with E-state index in [1.807, 2.05) is 0 Å². The topological polar surface area (TPSA) is 121 Å². The third-order valence-electron chi connectivity index (χ3n) is 5.37. The average Bonchev–Trinajstić information content (AvgIpc) is 2.95. The van der Waals surface area contributed by atoms with Crippen molar-refractivity contribution in [2.45, 2.75) is 46.6 Å². The van der Waals surface area contributed by atoms with Crippen LogP contribution >= 0.6 is 0 Å². The molecule has 0 spiro atoms. The predicted octanol–water partition coefficient (Wildman–Crippen LogP) is 2.96. The van der Waals surface area contributed by atoms with E-state index in [0.29, 0.717) is 5.69 Å². The van der Waals surface area contributed by atoms with Gasteiger partial charge in [0, 0.05) is 24.8 Å². The van der Waals surface area contributed by atoms with E-state index in [0.717, 1.165) is 6.07 Å². The quantitative estimate of drug-likeness (QED) is 0.506. The average molecular weight is 440 g/mol. The summed E-state index contributed by atoms with van der Waals surface area (Å²) < 4.78 is 15.0. The van der Waals surface area contributed by atoms with E-state index in [1.54, 1.807) is 27.0 Å². The summed E-state index contributed by atoms with van der Waals surface area (Å²) in [6, 6.07) is 5.28. The molecule has 2 aromatic rings. The molecule has 0 aliphatic rings. The largest absolute Gasteiger partial charge is 0.344 e. The van der Waals surface area contributed by atoms with Crippen molar-refractivity contribution in [2.24, 2.45) is 7.05 Å². The third-order valence-corrected chi connectivity index (χ3v) is 5.37. The maximum Gasteiger partial charge on any atom is 0.294 e. The lowest BCUT2D eigenvalue weighted by atomic mass is 9.96. The van der Waals surface area contributed by atoms with Crippen LogP contribution in [0.2, 0.25) is 0 Å². The lowest BCUT2D eigenvalue weighted by molar-refractivity contribution is -0.128. The molecule has 0 bridgehead atoms. The number of aromatic nitrogens is 1. The highest BCUT2D eigenvalue weighted by Gasteiger charge is 2.33. The number of anilines is 1. The van der Waals surface area contributed by atoms with Crippen LogP contribution in [0.3, 0.4) is 0 Å². The highest BCUT2D eigenvalue weighted by molar-refractivity contribution is 6.43. The Hall–Kier alpha value is -3.80. The molecular formula is C23H25FN4O4. The monoisotopic (exact) mass is 440 g/mol. The first kappa shape index (κ1) is 24.5. The summed E-state index contributed by atoms with van der Waals surface area (Å²) in [6.45, 7) is 7.85. The van der Waals surface area contributed by atoms with Gasteiger partial charge in [-0.15, -0.1) is 0 Å². The number of Topliss-reactive ketones (excluding diaryl/α,β-unsaturated/α-hetero) is 2. The molecule has 0 saturated carbocycles. The van der Waals surface area contributed by atoms with Gasteiger partial charge in [-0.05, 0) is 51.5 Å². The highest BCUT2D eigenvalue weighted by atomic mass is 19.1. The Morgan fingerprint density at radius 1 is 1.19 bits per heavy atom. The molecule has 1 heterocycles. The zero-order valence-corrected chi connectivity index (χ0v) is 18.8. The number of hydrogen-bond donors (Lipinski definition) is 2. The molecule has 0 saturated heterocycles. The number of benzene rings is 1. The first-order chi connectivity index (χ1) is 14.8. The number of carbonyl (C=O) groups excluding carboxylic acids is 4. The third kappa shape index (κ3) is 4.59. The van der Waals surface area contributed by atoms with Gasteiger partial charge in [0.15, 0.2) is 5.78 Å². The Labute approximate surface area is 185 Å². The summed E-state index contributed by atoms with van der Waals surface area (Å²) in [5.74, 6) is -3.34. The van der Waals surface area contributed by atoms with E-state index in [1.165, 1.54) is 37.5 Å². The number of amides is 2. The molecule has 9 heteroatoms. The van der Waals surface area contributed by atoms with E-state index in [2.05, 4.69) is 10.6 Å². The molecule has 2 rings (SSSR count). The van der Waals surface area contributed by atoms with Gasteiger partial charge < -0.3 is 15.2 Å². The zero-order chi connectivity index (χ0) is 24.4. The number of nitrogens with one attached hydrogen (secondary N) is 2. The van der Waals surface area contributed by atoms with Crippen LogP contribution in [0.15, 0.2) is 18.2 Å². The minimum absolute atomic E-state index is 0.0155. The van der Waals surface area contributed by atoms with Gasteiger partial charge in [-0.1, -0.05) is 6.92 Å². The number of rotatable bonds is 7. The summed E-state index contributed by atoms with van der Waals surface area (Å²) in [6.07, 6.45) is 0.199. The molecule has 0 fully saturated rings. The molecular weight excluding hydrogens is 415 g/mol. The Morgan fingerprint density at radius 3 is 2.38 bits per heavy atom. The van der Waals surface area contributed by atoms with Crippen molar-refractivity contribution in [3.05, 3.63) is 52.1 Å². The minimum atomic E-state index is -1.21. The van der Waals surface area contributed by atoms with E-state index in [-0.39, 0.29) is 40.3 Å². The van der Waals surface area contributed by atoms with E-state index in [4.69, 9.17) is 5.26 Å². The Bertz CT molecular complexity index is 1170. The van der Waals surface area contributed by atoms with Crippen molar-refractivity contribution in [2.75, 3.05) is 5.32 Å². The predicted molar refractivity (Wildman–Crippen MR) is 116 cm³/mol. The van der Waals surface area contributed by atoms with Crippen LogP contribution in [-0.2, 0) is 16.6 Å². The molecule has 168 valence electrons. The summed E-state index contributed by atoms with van der Waals surface area (Å²) in [5.41, 5.74) is -0.316. The standard InChI is InChI=1S/C23H25FN4O4/c1-7-17(29)23(4,5)27-22(32)20(30)19-12(2)18(13(3)28(19)6)21(31)26-15-8-9-16(24)14(10-15)11-25/h8-10H,7H2,1-6H3,(H,26,31)(H,27,32). The van der Waals surface area contributed by atoms with Crippen LogP contribution in [0.5, 0.6) is 0 Å². The Kier molecular flexibility index (Phi) is 6.99. The van der Waals surface area contributed by atoms with Gasteiger partial charge in [0.2, 0.25) is 0 Å². The van der Waals surface area contributed by atoms with E-state index in [9.17, 15) is 23.6 Å². The van der Waals surface area contributed by atoms with Crippen LogP contribution < -0.4 is 10.6 Å². The first-order valence-corrected chi connectivity index (χ1v) is 9.92. The van der Waals surface area contributed by atoms with Gasteiger partial charge in [-0.25, -0.2) is 4.39 Å². The van der Waals surface area contributed by atoms with Crippen molar-refractivity contribution in [3.63, 3.8) is 0 Å². The number of carbonyl (C=O) groups is 4. The summed E-state index contributed by atoms with van der Waals surface area (Å²) in [4.78, 5) is 50.4. The molecule has 8 nitrogen and oxygen atoms in total. The molecule has 0 aliphatic carbocycles. The van der Waals surface area contributed by atoms with E-state index < -0.39 is 29.0 Å². The van der Waals surface area contributed by atoms with Crippen molar-refractivity contribution >= 4 is 29.1 Å². The molecule has 2 N–H and O–H groups in total. The zero-order valence-electron chi connectivity index (χ0n) is 18.8. The maximum absolute atomic E-state index is 13.5. The van der Waals surface area contributed by atoms with Gasteiger partial charge in [0.25, 0.3) is 17.6 Å². The van der Waals surface area contributed by atoms with Gasteiger partial charge >= 0.3 is 0 Å². The fourth-order valence-corrected chi connectivity index (χ4v) is 3.48. The minimum Gasteiger partial charge on any atom is -0.344 e. The van der Waals surface area contributed by atoms with Crippen molar-refractivity contribution in [1.82, 2.24) is 9.88 Å². The van der Waals surface area contributed by atoms with Crippen LogP contribution in [0, 0.1) is 31.0 Å². The lowest BCUT2D eigenvalue weighted by Crippen LogP contribution is -2.51. The van der Waals surface area contributed by atoms with Crippen molar-refractivity contribution in [1.29, 1.82) is 5.26 Å². The number of nitrogens with zero attached hydrogens (tertiary/aromatic N) is 2. The summed E-state index contributed by atoms with van der Waals surface area (Å²) in [5, 5.41) is 14.0. The smallest absolute Gasteiger partial charge is 0.294 e. The van der Waals surface area contributed by atoms with Crippen molar-refractivity contribution < 1.29 is 23.6 Å². The SMILES string of the molecule is CCC(=O)C(C)(C)NC(=O)C(=O)c1c(C)c(C(=O)Nc2ccc(F)c(C#N)c2)c(C)n1C. The van der Waals surface area contributed by atoms with Crippen LogP contribution in [0.1, 0.15) is 64.9 Å². The first-order valence-electron chi connectivity index (χ1n) is 9.92.